The highest BCUT2D eigenvalue weighted by molar-refractivity contribution is 5.60. The van der Waals surface area contributed by atoms with E-state index in [1.807, 2.05) is 6.07 Å². The summed E-state index contributed by atoms with van der Waals surface area (Å²) < 4.78 is 0. The molecule has 0 unspecified atom stereocenters. The van der Waals surface area contributed by atoms with Gasteiger partial charge in [0.2, 0.25) is 0 Å². The number of para-hydroxylation sites is 1. The molecule has 0 bridgehead atoms. The standard InChI is InChI=1S/C21H23N5/c1-17-7-9-18(10-8-17)24-20-15-21(23-16-22-20)26-13-11-25(12-14-26)19-5-3-2-4-6-19/h2-10,15-16H,11-14H2,1H3,(H,22,23,24). The van der Waals surface area contributed by atoms with Crippen LogP contribution in [0.5, 0.6) is 0 Å². The number of piperazine rings is 1. The minimum Gasteiger partial charge on any atom is -0.368 e. The van der Waals surface area contributed by atoms with Crippen LogP contribution in [-0.2, 0) is 0 Å². The highest BCUT2D eigenvalue weighted by Crippen LogP contribution is 2.22. The second-order valence-electron chi connectivity index (χ2n) is 6.56. The van der Waals surface area contributed by atoms with Crippen molar-refractivity contribution in [1.29, 1.82) is 0 Å². The van der Waals surface area contributed by atoms with Gasteiger partial charge in [0, 0.05) is 43.6 Å². The lowest BCUT2D eigenvalue weighted by Gasteiger charge is -2.36. The average molecular weight is 345 g/mol. The molecule has 1 fully saturated rings. The lowest BCUT2D eigenvalue weighted by molar-refractivity contribution is 0.647. The van der Waals surface area contributed by atoms with Gasteiger partial charge in [-0.1, -0.05) is 35.9 Å². The maximum Gasteiger partial charge on any atom is 0.135 e. The second kappa shape index (κ2) is 7.44. The van der Waals surface area contributed by atoms with Crippen LogP contribution in [0.3, 0.4) is 0 Å². The minimum absolute atomic E-state index is 0.823. The van der Waals surface area contributed by atoms with Gasteiger partial charge >= 0.3 is 0 Å². The summed E-state index contributed by atoms with van der Waals surface area (Å²) in [6, 6.07) is 20.9. The average Bonchev–Trinajstić information content (AvgIpc) is 2.71. The molecule has 1 N–H and O–H groups in total. The number of aromatic nitrogens is 2. The van der Waals surface area contributed by atoms with E-state index in [0.717, 1.165) is 43.5 Å². The van der Waals surface area contributed by atoms with Crippen LogP contribution in [0.25, 0.3) is 0 Å². The van der Waals surface area contributed by atoms with Gasteiger partial charge in [-0.3, -0.25) is 0 Å². The summed E-state index contributed by atoms with van der Waals surface area (Å²) in [6.07, 6.45) is 1.63. The molecular weight excluding hydrogens is 322 g/mol. The first-order valence-corrected chi connectivity index (χ1v) is 8.99. The SMILES string of the molecule is Cc1ccc(Nc2cc(N3CCN(c4ccccc4)CC3)ncn2)cc1. The van der Waals surface area contributed by atoms with E-state index in [-0.39, 0.29) is 0 Å². The topological polar surface area (TPSA) is 44.3 Å². The van der Waals surface area contributed by atoms with Crippen molar-refractivity contribution >= 4 is 23.0 Å². The number of hydrogen-bond acceptors (Lipinski definition) is 5. The van der Waals surface area contributed by atoms with Gasteiger partial charge in [0.1, 0.15) is 18.0 Å². The van der Waals surface area contributed by atoms with E-state index in [0.29, 0.717) is 0 Å². The van der Waals surface area contributed by atoms with Crippen molar-refractivity contribution in [2.45, 2.75) is 6.92 Å². The normalized spacial score (nSPS) is 14.3. The third-order valence-electron chi connectivity index (χ3n) is 4.70. The van der Waals surface area contributed by atoms with Gasteiger partial charge < -0.3 is 15.1 Å². The molecule has 2 heterocycles. The zero-order valence-electron chi connectivity index (χ0n) is 15.0. The zero-order chi connectivity index (χ0) is 17.8. The number of nitrogens with zero attached hydrogens (tertiary/aromatic N) is 4. The zero-order valence-corrected chi connectivity index (χ0v) is 15.0. The van der Waals surface area contributed by atoms with Crippen LogP contribution < -0.4 is 15.1 Å². The van der Waals surface area contributed by atoms with E-state index < -0.39 is 0 Å². The van der Waals surface area contributed by atoms with Crippen molar-refractivity contribution in [3.63, 3.8) is 0 Å². The van der Waals surface area contributed by atoms with Gasteiger partial charge in [-0.15, -0.1) is 0 Å². The molecule has 1 aliphatic rings. The predicted octanol–water partition coefficient (Wildman–Crippen LogP) is 3.86. The Morgan fingerprint density at radius 1 is 0.808 bits per heavy atom. The summed E-state index contributed by atoms with van der Waals surface area (Å²) in [5.74, 6) is 1.80. The van der Waals surface area contributed by atoms with E-state index in [9.17, 15) is 0 Å². The minimum atomic E-state index is 0.823. The fourth-order valence-corrected chi connectivity index (χ4v) is 3.21. The molecule has 0 aliphatic carbocycles. The molecular formula is C21H23N5. The summed E-state index contributed by atoms with van der Waals surface area (Å²) in [7, 11) is 0. The Balaban J connectivity index is 1.42. The number of nitrogens with one attached hydrogen (secondary N) is 1. The van der Waals surface area contributed by atoms with Crippen molar-refractivity contribution in [2.75, 3.05) is 41.3 Å². The van der Waals surface area contributed by atoms with Gasteiger partial charge in [0.05, 0.1) is 0 Å². The van der Waals surface area contributed by atoms with Crippen LogP contribution in [0, 0.1) is 6.92 Å². The van der Waals surface area contributed by atoms with Crippen molar-refractivity contribution in [1.82, 2.24) is 9.97 Å². The van der Waals surface area contributed by atoms with Gasteiger partial charge in [0.15, 0.2) is 0 Å². The number of anilines is 4. The van der Waals surface area contributed by atoms with Crippen LogP contribution >= 0.6 is 0 Å². The summed E-state index contributed by atoms with van der Waals surface area (Å²) in [5.41, 5.74) is 3.57. The molecule has 0 saturated carbocycles. The lowest BCUT2D eigenvalue weighted by Crippen LogP contribution is -2.46. The van der Waals surface area contributed by atoms with Gasteiger partial charge in [-0.25, -0.2) is 9.97 Å². The van der Waals surface area contributed by atoms with E-state index >= 15 is 0 Å². The third kappa shape index (κ3) is 3.77. The largest absolute Gasteiger partial charge is 0.368 e. The highest BCUT2D eigenvalue weighted by Gasteiger charge is 2.18. The highest BCUT2D eigenvalue weighted by atomic mass is 15.3. The van der Waals surface area contributed by atoms with Crippen molar-refractivity contribution in [2.24, 2.45) is 0 Å². The summed E-state index contributed by atoms with van der Waals surface area (Å²) in [4.78, 5) is 13.6. The Hall–Kier alpha value is -3.08. The number of aryl methyl sites for hydroxylation is 1. The summed E-state index contributed by atoms with van der Waals surface area (Å²) >= 11 is 0. The molecule has 0 radical (unpaired) electrons. The monoisotopic (exact) mass is 345 g/mol. The quantitative estimate of drug-likeness (QED) is 0.778. The smallest absolute Gasteiger partial charge is 0.135 e. The molecule has 1 aliphatic heterocycles. The number of hydrogen-bond donors (Lipinski definition) is 1. The third-order valence-corrected chi connectivity index (χ3v) is 4.70. The molecule has 3 aromatic rings. The first-order chi connectivity index (χ1) is 12.8. The van der Waals surface area contributed by atoms with Crippen LogP contribution in [0.1, 0.15) is 5.56 Å². The van der Waals surface area contributed by atoms with Crippen LogP contribution in [0.15, 0.2) is 67.0 Å². The maximum absolute atomic E-state index is 4.47. The van der Waals surface area contributed by atoms with Crippen molar-refractivity contribution in [3.8, 4) is 0 Å². The predicted molar refractivity (Wildman–Crippen MR) is 107 cm³/mol. The maximum atomic E-state index is 4.47. The Morgan fingerprint density at radius 2 is 1.50 bits per heavy atom. The molecule has 1 saturated heterocycles. The van der Waals surface area contributed by atoms with Crippen LogP contribution in [0.4, 0.5) is 23.0 Å². The van der Waals surface area contributed by atoms with Crippen molar-refractivity contribution < 1.29 is 0 Å². The Labute approximate surface area is 154 Å². The molecule has 5 heteroatoms. The van der Waals surface area contributed by atoms with E-state index in [1.165, 1.54) is 11.3 Å². The molecule has 26 heavy (non-hydrogen) atoms. The van der Waals surface area contributed by atoms with Crippen LogP contribution in [0.2, 0.25) is 0 Å². The van der Waals surface area contributed by atoms with E-state index in [1.54, 1.807) is 6.33 Å². The summed E-state index contributed by atoms with van der Waals surface area (Å²) in [6.45, 7) is 5.98. The van der Waals surface area contributed by atoms with Gasteiger partial charge in [-0.2, -0.15) is 0 Å². The first-order valence-electron chi connectivity index (χ1n) is 8.99. The fraction of sp³-hybridized carbons (Fsp3) is 0.238. The van der Waals surface area contributed by atoms with Gasteiger partial charge in [0.25, 0.3) is 0 Å². The second-order valence-corrected chi connectivity index (χ2v) is 6.56. The molecule has 1 aromatic heterocycles. The van der Waals surface area contributed by atoms with E-state index in [4.69, 9.17) is 0 Å². The first kappa shape index (κ1) is 16.4. The number of benzene rings is 2. The van der Waals surface area contributed by atoms with Gasteiger partial charge in [-0.05, 0) is 31.2 Å². The molecule has 5 nitrogen and oxygen atoms in total. The molecule has 4 rings (SSSR count). The summed E-state index contributed by atoms with van der Waals surface area (Å²) in [5, 5.41) is 3.36. The van der Waals surface area contributed by atoms with Crippen LogP contribution in [-0.4, -0.2) is 36.1 Å². The lowest BCUT2D eigenvalue weighted by atomic mass is 10.2. The van der Waals surface area contributed by atoms with Crippen molar-refractivity contribution in [3.05, 3.63) is 72.6 Å². The Morgan fingerprint density at radius 3 is 2.23 bits per heavy atom. The molecule has 0 spiro atoms. The number of rotatable bonds is 4. The molecule has 0 atom stereocenters. The Bertz CT molecular complexity index is 840. The molecule has 2 aromatic carbocycles. The Kier molecular flexibility index (Phi) is 4.69. The molecule has 132 valence electrons. The fourth-order valence-electron chi connectivity index (χ4n) is 3.21. The van der Waals surface area contributed by atoms with E-state index in [2.05, 4.69) is 86.6 Å². The molecule has 0 amide bonds.